The number of fused-ring (bicyclic) bond motifs is 10. The second kappa shape index (κ2) is 10.1. The van der Waals surface area contributed by atoms with Gasteiger partial charge in [0.15, 0.2) is 11.2 Å². The maximum Gasteiger partial charge on any atom is 0.178 e. The number of rotatable bonds is 3. The Morgan fingerprint density at radius 2 is 0.959 bits per heavy atom. The van der Waals surface area contributed by atoms with Gasteiger partial charge in [-0.15, -0.1) is 0 Å². The molecule has 10 aromatic rings. The number of furan rings is 2. The summed E-state index contributed by atoms with van der Waals surface area (Å²) in [6.07, 6.45) is 2.82. The average Bonchev–Trinajstić information content (AvgIpc) is 3.87. The van der Waals surface area contributed by atoms with Crippen molar-refractivity contribution in [3.8, 4) is 44.5 Å². The van der Waals surface area contributed by atoms with E-state index >= 15 is 0 Å². The summed E-state index contributed by atoms with van der Waals surface area (Å²) in [6.45, 7) is 0. The van der Waals surface area contributed by atoms with E-state index in [1.165, 1.54) is 60.5 Å². The summed E-state index contributed by atoms with van der Waals surface area (Å²) in [4.78, 5) is 0. The van der Waals surface area contributed by atoms with E-state index in [4.69, 9.17) is 8.83 Å². The average molecular weight is 625 g/mol. The zero-order chi connectivity index (χ0) is 32.1. The summed E-state index contributed by atoms with van der Waals surface area (Å²) in [5.74, 6) is 0. The molecular weight excluding hydrogens is 597 g/mol. The molecule has 2 heterocycles. The minimum absolute atomic E-state index is 0.784. The Balaban J connectivity index is 1.11. The van der Waals surface area contributed by atoms with Crippen LogP contribution in [0, 0.1) is 0 Å². The van der Waals surface area contributed by atoms with Crippen LogP contribution in [0.25, 0.3) is 99.0 Å². The van der Waals surface area contributed by atoms with Crippen LogP contribution in [0.2, 0.25) is 0 Å². The number of benzene rings is 8. The van der Waals surface area contributed by atoms with Crippen LogP contribution in [-0.4, -0.2) is 0 Å². The first-order valence-electron chi connectivity index (χ1n) is 16.9. The molecule has 8 aromatic carbocycles. The molecule has 228 valence electrons. The van der Waals surface area contributed by atoms with Crippen molar-refractivity contribution >= 4 is 54.5 Å². The molecule has 0 unspecified atom stereocenters. The SMILES string of the molecule is c1ccc(-c2coc3c2ccc2c4ccc(-c5c6ccccc6c(-c6ccc7c(c6)Cc6ccccc6-7)c6ccccc56)cc4oc23)cc1. The van der Waals surface area contributed by atoms with E-state index in [0.29, 0.717) is 0 Å². The van der Waals surface area contributed by atoms with Crippen LogP contribution in [0.15, 0.2) is 167 Å². The molecule has 11 rings (SSSR count). The fraction of sp³-hybridized carbons (Fsp3) is 0.0213. The van der Waals surface area contributed by atoms with E-state index in [1.807, 2.05) is 12.3 Å². The molecular formula is C47H28O2. The molecule has 0 bridgehead atoms. The standard InChI is InChI=1S/C47H28O2/c1-2-10-28(11-3-1)42-27-48-46-41(42)23-22-40-35-21-19-31(26-43(35)49-47(40)46)45-38-16-8-6-14-36(38)44(37-15-7-9-17-39(37)45)30-18-20-34-32(25-30)24-29-12-4-5-13-33(29)34/h1-23,25-27H,24H2. The lowest BCUT2D eigenvalue weighted by atomic mass is 9.85. The smallest absolute Gasteiger partial charge is 0.178 e. The van der Waals surface area contributed by atoms with Gasteiger partial charge in [0, 0.05) is 21.7 Å². The summed E-state index contributed by atoms with van der Waals surface area (Å²) < 4.78 is 12.9. The fourth-order valence-electron chi connectivity index (χ4n) is 8.37. The van der Waals surface area contributed by atoms with Crippen molar-refractivity contribution < 1.29 is 8.83 Å². The monoisotopic (exact) mass is 624 g/mol. The van der Waals surface area contributed by atoms with Crippen LogP contribution in [0.5, 0.6) is 0 Å². The van der Waals surface area contributed by atoms with Crippen molar-refractivity contribution in [3.05, 3.63) is 169 Å². The van der Waals surface area contributed by atoms with Gasteiger partial charge in [-0.2, -0.15) is 0 Å². The Kier molecular flexibility index (Phi) is 5.47. The van der Waals surface area contributed by atoms with Gasteiger partial charge in [0.05, 0.1) is 6.26 Å². The van der Waals surface area contributed by atoms with Crippen LogP contribution in [-0.2, 0) is 6.42 Å². The molecule has 0 radical (unpaired) electrons. The maximum atomic E-state index is 6.67. The maximum absolute atomic E-state index is 6.67. The topological polar surface area (TPSA) is 26.3 Å². The molecule has 0 amide bonds. The Bertz CT molecular complexity index is 2900. The Labute approximate surface area is 282 Å². The van der Waals surface area contributed by atoms with E-state index in [0.717, 1.165) is 56.0 Å². The molecule has 0 aliphatic heterocycles. The van der Waals surface area contributed by atoms with Crippen molar-refractivity contribution in [2.45, 2.75) is 6.42 Å². The molecule has 1 aliphatic carbocycles. The van der Waals surface area contributed by atoms with Gasteiger partial charge in [-0.05, 0) is 102 Å². The second-order valence-corrected chi connectivity index (χ2v) is 13.2. The van der Waals surface area contributed by atoms with Crippen molar-refractivity contribution in [2.75, 3.05) is 0 Å². The molecule has 2 nitrogen and oxygen atoms in total. The molecule has 0 atom stereocenters. The van der Waals surface area contributed by atoms with E-state index in [1.54, 1.807) is 0 Å². The number of hydrogen-bond donors (Lipinski definition) is 0. The second-order valence-electron chi connectivity index (χ2n) is 13.2. The Hall–Kier alpha value is -6.38. The molecule has 2 heteroatoms. The zero-order valence-electron chi connectivity index (χ0n) is 26.5. The minimum Gasteiger partial charge on any atom is -0.460 e. The molecule has 49 heavy (non-hydrogen) atoms. The van der Waals surface area contributed by atoms with Crippen LogP contribution in [0.4, 0.5) is 0 Å². The fourth-order valence-corrected chi connectivity index (χ4v) is 8.37. The molecule has 2 aromatic heterocycles. The van der Waals surface area contributed by atoms with Gasteiger partial charge in [-0.3, -0.25) is 0 Å². The summed E-state index contributed by atoms with van der Waals surface area (Å²) in [5, 5.41) is 8.17. The van der Waals surface area contributed by atoms with Gasteiger partial charge in [-0.1, -0.05) is 127 Å². The first-order chi connectivity index (χ1) is 24.3. The Morgan fingerprint density at radius 1 is 0.367 bits per heavy atom. The quantitative estimate of drug-likeness (QED) is 0.183. The van der Waals surface area contributed by atoms with Crippen molar-refractivity contribution in [1.82, 2.24) is 0 Å². The van der Waals surface area contributed by atoms with Gasteiger partial charge in [0.25, 0.3) is 0 Å². The predicted molar refractivity (Wildman–Crippen MR) is 203 cm³/mol. The van der Waals surface area contributed by atoms with E-state index in [9.17, 15) is 0 Å². The van der Waals surface area contributed by atoms with Gasteiger partial charge in [0.1, 0.15) is 5.58 Å². The molecule has 0 N–H and O–H groups in total. The highest BCUT2D eigenvalue weighted by atomic mass is 16.4. The third-order valence-corrected chi connectivity index (χ3v) is 10.6. The highest BCUT2D eigenvalue weighted by molar-refractivity contribution is 6.22. The first-order valence-corrected chi connectivity index (χ1v) is 16.9. The third kappa shape index (κ3) is 3.83. The minimum atomic E-state index is 0.784. The molecule has 0 fully saturated rings. The first kappa shape index (κ1) is 26.7. The normalized spacial score (nSPS) is 12.4. The van der Waals surface area contributed by atoms with Gasteiger partial charge < -0.3 is 8.83 Å². The van der Waals surface area contributed by atoms with Gasteiger partial charge in [-0.25, -0.2) is 0 Å². The van der Waals surface area contributed by atoms with Crippen LogP contribution >= 0.6 is 0 Å². The molecule has 0 spiro atoms. The molecule has 1 aliphatic rings. The molecule has 0 saturated carbocycles. The zero-order valence-corrected chi connectivity index (χ0v) is 26.5. The van der Waals surface area contributed by atoms with Crippen LogP contribution in [0.3, 0.4) is 0 Å². The largest absolute Gasteiger partial charge is 0.460 e. The summed E-state index contributed by atoms with van der Waals surface area (Å²) in [5.41, 5.74) is 15.1. The lowest BCUT2D eigenvalue weighted by molar-refractivity contribution is 0.600. The highest BCUT2D eigenvalue weighted by Crippen LogP contribution is 2.47. The van der Waals surface area contributed by atoms with E-state index in [2.05, 4.69) is 146 Å². The third-order valence-electron chi connectivity index (χ3n) is 10.6. The van der Waals surface area contributed by atoms with Crippen LogP contribution < -0.4 is 0 Å². The van der Waals surface area contributed by atoms with E-state index in [-0.39, 0.29) is 0 Å². The summed E-state index contributed by atoms with van der Waals surface area (Å²) in [7, 11) is 0. The highest BCUT2D eigenvalue weighted by Gasteiger charge is 2.22. The van der Waals surface area contributed by atoms with Crippen LogP contribution in [0.1, 0.15) is 11.1 Å². The van der Waals surface area contributed by atoms with E-state index < -0.39 is 0 Å². The predicted octanol–water partition coefficient (Wildman–Crippen LogP) is 13.2. The van der Waals surface area contributed by atoms with Crippen molar-refractivity contribution in [2.24, 2.45) is 0 Å². The summed E-state index contributed by atoms with van der Waals surface area (Å²) in [6, 6.07) is 54.9. The van der Waals surface area contributed by atoms with Gasteiger partial charge >= 0.3 is 0 Å². The van der Waals surface area contributed by atoms with Crippen molar-refractivity contribution in [1.29, 1.82) is 0 Å². The van der Waals surface area contributed by atoms with Crippen molar-refractivity contribution in [3.63, 3.8) is 0 Å². The number of hydrogen-bond acceptors (Lipinski definition) is 2. The van der Waals surface area contributed by atoms with Gasteiger partial charge in [0.2, 0.25) is 0 Å². The molecule has 0 saturated heterocycles. The Morgan fingerprint density at radius 3 is 1.71 bits per heavy atom. The summed E-state index contributed by atoms with van der Waals surface area (Å²) >= 11 is 0. The lowest BCUT2D eigenvalue weighted by Gasteiger charge is -2.18. The lowest BCUT2D eigenvalue weighted by Crippen LogP contribution is -1.91.